The fourth-order valence-corrected chi connectivity index (χ4v) is 2.05. The zero-order chi connectivity index (χ0) is 10.9. The smallest absolute Gasteiger partial charge is 0.305 e. The summed E-state index contributed by atoms with van der Waals surface area (Å²) in [4.78, 5) is 11.3. The van der Waals surface area contributed by atoms with Crippen molar-refractivity contribution in [2.24, 2.45) is 5.92 Å². The molecule has 1 rings (SSSR count). The minimum Gasteiger partial charge on any atom is -0.465 e. The summed E-state index contributed by atoms with van der Waals surface area (Å²) in [6.07, 6.45) is 7.87. The Morgan fingerprint density at radius 2 is 2.07 bits per heavy atom. The van der Waals surface area contributed by atoms with E-state index in [0.717, 1.165) is 13.0 Å². The molecule has 0 radical (unpaired) electrons. The highest BCUT2D eigenvalue weighted by atomic mass is 16.5. The van der Waals surface area contributed by atoms with Crippen molar-refractivity contribution >= 4 is 5.97 Å². The molecule has 0 aromatic heterocycles. The molecule has 0 amide bonds. The van der Waals surface area contributed by atoms with E-state index in [1.165, 1.54) is 32.1 Å². The summed E-state index contributed by atoms with van der Waals surface area (Å²) in [5, 5.41) is 3.02. The molecule has 88 valence electrons. The van der Waals surface area contributed by atoms with Crippen molar-refractivity contribution in [3.05, 3.63) is 0 Å². The Morgan fingerprint density at radius 1 is 1.33 bits per heavy atom. The maximum atomic E-state index is 11.3. The first-order valence-electron chi connectivity index (χ1n) is 6.13. The highest BCUT2D eigenvalue weighted by Gasteiger charge is 2.15. The molecule has 0 aromatic rings. The van der Waals surface area contributed by atoms with Crippen LogP contribution in [0.15, 0.2) is 0 Å². The highest BCUT2D eigenvalue weighted by Crippen LogP contribution is 2.23. The minimum absolute atomic E-state index is 0.0316. The fourth-order valence-electron chi connectivity index (χ4n) is 2.05. The molecule has 1 aliphatic carbocycles. The lowest BCUT2D eigenvalue weighted by Gasteiger charge is -2.20. The molecule has 1 saturated carbocycles. The van der Waals surface area contributed by atoms with Crippen molar-refractivity contribution in [3.63, 3.8) is 0 Å². The Hall–Kier alpha value is -0.570. The lowest BCUT2D eigenvalue weighted by Crippen LogP contribution is -2.17. The van der Waals surface area contributed by atoms with Crippen molar-refractivity contribution in [2.75, 3.05) is 20.2 Å². The number of carbonyl (C=O) groups is 1. The Kier molecular flexibility index (Phi) is 6.41. The monoisotopic (exact) mass is 213 g/mol. The van der Waals surface area contributed by atoms with E-state index in [2.05, 4.69) is 5.32 Å². The Bertz CT molecular complexity index is 176. The largest absolute Gasteiger partial charge is 0.465 e. The van der Waals surface area contributed by atoms with Crippen LogP contribution in [0.4, 0.5) is 0 Å². The second-order valence-corrected chi connectivity index (χ2v) is 4.39. The average molecular weight is 213 g/mol. The summed E-state index contributed by atoms with van der Waals surface area (Å²) in [5.74, 6) is 0.600. The molecule has 15 heavy (non-hydrogen) atoms. The van der Waals surface area contributed by atoms with Gasteiger partial charge in [-0.1, -0.05) is 19.3 Å². The van der Waals surface area contributed by atoms with Gasteiger partial charge in [0.2, 0.25) is 0 Å². The first-order chi connectivity index (χ1) is 7.33. The molecule has 3 heteroatoms. The van der Waals surface area contributed by atoms with E-state index in [1.807, 2.05) is 7.05 Å². The van der Waals surface area contributed by atoms with Gasteiger partial charge in [-0.3, -0.25) is 4.79 Å². The number of hydrogen-bond donors (Lipinski definition) is 1. The Morgan fingerprint density at radius 3 is 2.73 bits per heavy atom. The second kappa shape index (κ2) is 7.69. The molecular weight excluding hydrogens is 190 g/mol. The van der Waals surface area contributed by atoms with Crippen LogP contribution in [-0.2, 0) is 9.53 Å². The Labute approximate surface area is 92.6 Å². The summed E-state index contributed by atoms with van der Waals surface area (Å²) in [7, 11) is 1.90. The van der Waals surface area contributed by atoms with Gasteiger partial charge < -0.3 is 10.1 Å². The molecule has 0 aromatic carbocycles. The van der Waals surface area contributed by atoms with Crippen LogP contribution in [0.25, 0.3) is 0 Å². The van der Waals surface area contributed by atoms with Crippen LogP contribution in [0.1, 0.15) is 44.9 Å². The van der Waals surface area contributed by atoms with E-state index in [-0.39, 0.29) is 5.97 Å². The predicted octanol–water partition coefficient (Wildman–Crippen LogP) is 2.11. The number of hydrogen-bond acceptors (Lipinski definition) is 3. The first kappa shape index (κ1) is 12.5. The third kappa shape index (κ3) is 5.78. The van der Waals surface area contributed by atoms with Gasteiger partial charge in [0.1, 0.15) is 0 Å². The summed E-state index contributed by atoms with van der Waals surface area (Å²) < 4.78 is 5.26. The number of nitrogens with one attached hydrogen (secondary N) is 1. The van der Waals surface area contributed by atoms with Gasteiger partial charge in [-0.05, 0) is 38.8 Å². The summed E-state index contributed by atoms with van der Waals surface area (Å²) in [6.45, 7) is 1.54. The molecule has 1 aliphatic rings. The van der Waals surface area contributed by atoms with Gasteiger partial charge in [-0.2, -0.15) is 0 Å². The molecule has 0 spiro atoms. The van der Waals surface area contributed by atoms with Gasteiger partial charge in [0.25, 0.3) is 0 Å². The maximum Gasteiger partial charge on any atom is 0.305 e. The van der Waals surface area contributed by atoms with Crippen LogP contribution in [-0.4, -0.2) is 26.2 Å². The van der Waals surface area contributed by atoms with E-state index in [0.29, 0.717) is 18.9 Å². The average Bonchev–Trinajstić information content (AvgIpc) is 2.28. The van der Waals surface area contributed by atoms with Gasteiger partial charge in [-0.15, -0.1) is 0 Å². The third-order valence-electron chi connectivity index (χ3n) is 3.01. The standard InChI is InChI=1S/C12H23NO2/c1-13-9-5-8-12(14)15-10-11-6-3-2-4-7-11/h11,13H,2-10H2,1H3. The third-order valence-corrected chi connectivity index (χ3v) is 3.01. The second-order valence-electron chi connectivity index (χ2n) is 4.39. The van der Waals surface area contributed by atoms with Crippen molar-refractivity contribution in [3.8, 4) is 0 Å². The van der Waals surface area contributed by atoms with Gasteiger partial charge >= 0.3 is 5.97 Å². The minimum atomic E-state index is -0.0316. The number of rotatable bonds is 6. The molecule has 1 fully saturated rings. The van der Waals surface area contributed by atoms with Gasteiger partial charge in [0, 0.05) is 6.42 Å². The topological polar surface area (TPSA) is 38.3 Å². The molecular formula is C12H23NO2. The van der Waals surface area contributed by atoms with Crippen molar-refractivity contribution in [1.82, 2.24) is 5.32 Å². The highest BCUT2D eigenvalue weighted by molar-refractivity contribution is 5.69. The van der Waals surface area contributed by atoms with Crippen LogP contribution < -0.4 is 5.32 Å². The van der Waals surface area contributed by atoms with Crippen LogP contribution >= 0.6 is 0 Å². The molecule has 1 N–H and O–H groups in total. The summed E-state index contributed by atoms with van der Waals surface area (Å²) in [6, 6.07) is 0. The van der Waals surface area contributed by atoms with Gasteiger partial charge in [0.05, 0.1) is 6.61 Å². The van der Waals surface area contributed by atoms with Crippen LogP contribution in [0.5, 0.6) is 0 Å². The predicted molar refractivity (Wildman–Crippen MR) is 60.7 cm³/mol. The zero-order valence-corrected chi connectivity index (χ0v) is 9.76. The molecule has 3 nitrogen and oxygen atoms in total. The van der Waals surface area contributed by atoms with Crippen molar-refractivity contribution < 1.29 is 9.53 Å². The summed E-state index contributed by atoms with van der Waals surface area (Å²) in [5.41, 5.74) is 0. The van der Waals surface area contributed by atoms with Gasteiger partial charge in [-0.25, -0.2) is 0 Å². The van der Waals surface area contributed by atoms with E-state index in [9.17, 15) is 4.79 Å². The maximum absolute atomic E-state index is 11.3. The molecule has 0 aliphatic heterocycles. The lowest BCUT2D eigenvalue weighted by molar-refractivity contribution is -0.145. The molecule has 0 unspecified atom stereocenters. The molecule has 0 heterocycles. The number of carbonyl (C=O) groups excluding carboxylic acids is 1. The van der Waals surface area contributed by atoms with Crippen LogP contribution in [0, 0.1) is 5.92 Å². The van der Waals surface area contributed by atoms with Crippen LogP contribution in [0.2, 0.25) is 0 Å². The molecule has 0 saturated heterocycles. The van der Waals surface area contributed by atoms with E-state index in [1.54, 1.807) is 0 Å². The fraction of sp³-hybridized carbons (Fsp3) is 0.917. The number of esters is 1. The lowest BCUT2D eigenvalue weighted by atomic mass is 9.90. The van der Waals surface area contributed by atoms with Gasteiger partial charge in [0.15, 0.2) is 0 Å². The van der Waals surface area contributed by atoms with Crippen LogP contribution in [0.3, 0.4) is 0 Å². The van der Waals surface area contributed by atoms with Crippen molar-refractivity contribution in [2.45, 2.75) is 44.9 Å². The molecule has 0 atom stereocenters. The van der Waals surface area contributed by atoms with E-state index < -0.39 is 0 Å². The SMILES string of the molecule is CNCCCC(=O)OCC1CCCCC1. The quantitative estimate of drug-likeness (QED) is 0.542. The summed E-state index contributed by atoms with van der Waals surface area (Å²) >= 11 is 0. The first-order valence-corrected chi connectivity index (χ1v) is 6.13. The van der Waals surface area contributed by atoms with E-state index >= 15 is 0 Å². The zero-order valence-electron chi connectivity index (χ0n) is 9.76. The Balaban J connectivity index is 2.00. The van der Waals surface area contributed by atoms with E-state index in [4.69, 9.17) is 4.74 Å². The normalized spacial score (nSPS) is 17.7. The van der Waals surface area contributed by atoms with Crippen molar-refractivity contribution in [1.29, 1.82) is 0 Å². The molecule has 0 bridgehead atoms. The number of ether oxygens (including phenoxy) is 1.